The molecule has 1 N–H and O–H groups in total. The smallest absolute Gasteiger partial charge is 0.124 e. The molecule has 72 valence electrons. The zero-order valence-corrected chi connectivity index (χ0v) is 9.55. The molecule has 3 nitrogen and oxygen atoms in total. The van der Waals surface area contributed by atoms with Gasteiger partial charge in [0.2, 0.25) is 0 Å². The van der Waals surface area contributed by atoms with Crippen LogP contribution in [0, 0.1) is 0 Å². The summed E-state index contributed by atoms with van der Waals surface area (Å²) in [6.07, 6.45) is 3.45. The molecule has 0 amide bonds. The number of aliphatic hydroxyl groups excluding tert-OH is 1. The fourth-order valence-corrected chi connectivity index (χ4v) is 2.53. The van der Waals surface area contributed by atoms with Crippen molar-refractivity contribution in [3.63, 3.8) is 0 Å². The Morgan fingerprint density at radius 3 is 2.64 bits per heavy atom. The van der Waals surface area contributed by atoms with Crippen molar-refractivity contribution in [3.8, 4) is 10.6 Å². The van der Waals surface area contributed by atoms with Crippen molar-refractivity contribution in [1.82, 2.24) is 9.97 Å². The van der Waals surface area contributed by atoms with Crippen LogP contribution in [0.1, 0.15) is 5.69 Å². The van der Waals surface area contributed by atoms with Crippen molar-refractivity contribution in [2.75, 3.05) is 0 Å². The van der Waals surface area contributed by atoms with E-state index in [1.807, 2.05) is 12.1 Å². The van der Waals surface area contributed by atoms with Gasteiger partial charge in [0.25, 0.3) is 0 Å². The van der Waals surface area contributed by atoms with E-state index in [1.165, 1.54) is 11.3 Å². The first-order valence-electron chi connectivity index (χ1n) is 3.97. The summed E-state index contributed by atoms with van der Waals surface area (Å²) in [6.45, 7) is -0.0395. The predicted molar refractivity (Wildman–Crippen MR) is 59.0 cm³/mol. The summed E-state index contributed by atoms with van der Waals surface area (Å²) < 4.78 is 0.881. The van der Waals surface area contributed by atoms with E-state index in [9.17, 15) is 0 Å². The number of aliphatic hydroxyl groups is 1. The van der Waals surface area contributed by atoms with Crippen molar-refractivity contribution in [2.45, 2.75) is 6.61 Å². The van der Waals surface area contributed by atoms with Crippen LogP contribution in [0.4, 0.5) is 0 Å². The highest BCUT2D eigenvalue weighted by molar-refractivity contribution is 9.11. The Balaban J connectivity index is 2.43. The molecule has 0 aromatic carbocycles. The first-order valence-corrected chi connectivity index (χ1v) is 5.58. The molecule has 0 spiro atoms. The maximum absolute atomic E-state index is 8.98. The molecule has 0 atom stereocenters. The van der Waals surface area contributed by atoms with Crippen LogP contribution in [0.3, 0.4) is 0 Å². The van der Waals surface area contributed by atoms with E-state index >= 15 is 0 Å². The van der Waals surface area contributed by atoms with Crippen LogP contribution < -0.4 is 0 Å². The van der Waals surface area contributed by atoms with Gasteiger partial charge in [-0.3, -0.25) is 4.98 Å². The van der Waals surface area contributed by atoms with Gasteiger partial charge in [0, 0.05) is 18.0 Å². The Kier molecular flexibility index (Phi) is 2.90. The molecule has 14 heavy (non-hydrogen) atoms. The zero-order valence-electron chi connectivity index (χ0n) is 7.14. The quantitative estimate of drug-likeness (QED) is 0.912. The molecule has 0 aliphatic heterocycles. The van der Waals surface area contributed by atoms with Gasteiger partial charge < -0.3 is 5.11 Å². The van der Waals surface area contributed by atoms with Crippen LogP contribution in [0.25, 0.3) is 10.6 Å². The lowest BCUT2D eigenvalue weighted by Gasteiger charge is -1.92. The molecule has 2 aromatic heterocycles. The highest BCUT2D eigenvalue weighted by Crippen LogP contribution is 2.31. The minimum absolute atomic E-state index is 0.0395. The molecule has 0 aliphatic carbocycles. The minimum atomic E-state index is -0.0395. The lowest BCUT2D eigenvalue weighted by Crippen LogP contribution is -1.83. The van der Waals surface area contributed by atoms with Crippen LogP contribution in [-0.4, -0.2) is 15.1 Å². The largest absolute Gasteiger partial charge is 0.390 e. The molecule has 5 heteroatoms. The van der Waals surface area contributed by atoms with Crippen LogP contribution >= 0.6 is 27.3 Å². The molecule has 0 unspecified atom stereocenters. The summed E-state index contributed by atoms with van der Waals surface area (Å²) in [5, 5.41) is 9.87. The molecule has 2 aromatic rings. The second-order valence-electron chi connectivity index (χ2n) is 2.63. The summed E-state index contributed by atoms with van der Waals surface area (Å²) in [4.78, 5) is 8.23. The van der Waals surface area contributed by atoms with Crippen LogP contribution in [-0.2, 0) is 6.61 Å². The van der Waals surface area contributed by atoms with Gasteiger partial charge in [0.1, 0.15) is 5.01 Å². The third-order valence-electron chi connectivity index (χ3n) is 1.73. The topological polar surface area (TPSA) is 46.0 Å². The van der Waals surface area contributed by atoms with Crippen molar-refractivity contribution >= 4 is 27.3 Å². The number of hydrogen-bond donors (Lipinski definition) is 1. The van der Waals surface area contributed by atoms with Crippen molar-refractivity contribution in [3.05, 3.63) is 34.0 Å². The van der Waals surface area contributed by atoms with E-state index < -0.39 is 0 Å². The zero-order chi connectivity index (χ0) is 9.97. The number of aromatic nitrogens is 2. The molecule has 0 radical (unpaired) electrons. The number of hydrogen-bond acceptors (Lipinski definition) is 4. The summed E-state index contributed by atoms with van der Waals surface area (Å²) in [6, 6.07) is 3.79. The van der Waals surface area contributed by atoms with Gasteiger partial charge in [-0.15, -0.1) is 11.3 Å². The molecular formula is C9H7BrN2OS. The van der Waals surface area contributed by atoms with Gasteiger partial charge in [0.15, 0.2) is 0 Å². The Morgan fingerprint density at radius 1 is 1.36 bits per heavy atom. The number of rotatable bonds is 2. The average Bonchev–Trinajstić information content (AvgIpc) is 2.61. The predicted octanol–water partition coefficient (Wildman–Crippen LogP) is 2.46. The van der Waals surface area contributed by atoms with Gasteiger partial charge in [0.05, 0.1) is 16.1 Å². The van der Waals surface area contributed by atoms with Crippen LogP contribution in [0.15, 0.2) is 28.3 Å². The summed E-state index contributed by atoms with van der Waals surface area (Å²) in [5.74, 6) is 0. The normalized spacial score (nSPS) is 10.4. The second kappa shape index (κ2) is 4.16. The Labute approximate surface area is 93.6 Å². The number of halogens is 1. The standard InChI is InChI=1S/C9H7BrN2OS/c10-8-7(5-13)12-9(14-8)6-1-3-11-4-2-6/h1-4,13H,5H2. The monoisotopic (exact) mass is 270 g/mol. The van der Waals surface area contributed by atoms with Crippen LogP contribution in [0.5, 0.6) is 0 Å². The van der Waals surface area contributed by atoms with Gasteiger partial charge in [-0.2, -0.15) is 0 Å². The minimum Gasteiger partial charge on any atom is -0.390 e. The lowest BCUT2D eigenvalue weighted by atomic mass is 10.3. The average molecular weight is 271 g/mol. The molecule has 0 saturated carbocycles. The molecule has 0 fully saturated rings. The fraction of sp³-hybridized carbons (Fsp3) is 0.111. The van der Waals surface area contributed by atoms with Crippen LogP contribution in [0.2, 0.25) is 0 Å². The van der Waals surface area contributed by atoms with E-state index in [1.54, 1.807) is 12.4 Å². The first-order chi connectivity index (χ1) is 6.81. The van der Waals surface area contributed by atoms with Gasteiger partial charge >= 0.3 is 0 Å². The molecule has 0 saturated heterocycles. The highest BCUT2D eigenvalue weighted by Gasteiger charge is 2.08. The third-order valence-corrected chi connectivity index (χ3v) is 3.61. The fourth-order valence-electron chi connectivity index (χ4n) is 1.05. The number of thiazole rings is 1. The van der Waals surface area contributed by atoms with Crippen molar-refractivity contribution < 1.29 is 5.11 Å². The van der Waals surface area contributed by atoms with Crippen molar-refractivity contribution in [1.29, 1.82) is 0 Å². The molecule has 2 heterocycles. The maximum atomic E-state index is 8.98. The van der Waals surface area contributed by atoms with E-state index in [-0.39, 0.29) is 6.61 Å². The molecule has 2 rings (SSSR count). The van der Waals surface area contributed by atoms with Crippen molar-refractivity contribution in [2.24, 2.45) is 0 Å². The van der Waals surface area contributed by atoms with E-state index in [4.69, 9.17) is 5.11 Å². The summed E-state index contributed by atoms with van der Waals surface area (Å²) in [5.41, 5.74) is 1.70. The highest BCUT2D eigenvalue weighted by atomic mass is 79.9. The Hall–Kier alpha value is -0.780. The molecule has 0 aliphatic rings. The summed E-state index contributed by atoms with van der Waals surface area (Å²) >= 11 is 4.86. The summed E-state index contributed by atoms with van der Waals surface area (Å²) in [7, 11) is 0. The van der Waals surface area contributed by atoms with E-state index in [0.29, 0.717) is 5.69 Å². The van der Waals surface area contributed by atoms with Gasteiger partial charge in [-0.05, 0) is 28.1 Å². The van der Waals surface area contributed by atoms with E-state index in [2.05, 4.69) is 25.9 Å². The second-order valence-corrected chi connectivity index (χ2v) is 4.95. The van der Waals surface area contributed by atoms with E-state index in [0.717, 1.165) is 14.4 Å². The number of nitrogens with zero attached hydrogens (tertiary/aromatic N) is 2. The molecular weight excluding hydrogens is 264 g/mol. The first kappa shape index (κ1) is 9.76. The maximum Gasteiger partial charge on any atom is 0.124 e. The Bertz CT molecular complexity index is 430. The SMILES string of the molecule is OCc1nc(-c2ccncc2)sc1Br. The molecule has 0 bridgehead atoms. The number of pyridine rings is 1. The van der Waals surface area contributed by atoms with Gasteiger partial charge in [-0.25, -0.2) is 4.98 Å². The Morgan fingerprint density at radius 2 is 2.07 bits per heavy atom. The lowest BCUT2D eigenvalue weighted by molar-refractivity contribution is 0.277. The third kappa shape index (κ3) is 1.84. The van der Waals surface area contributed by atoms with Gasteiger partial charge in [-0.1, -0.05) is 0 Å².